The lowest BCUT2D eigenvalue weighted by molar-refractivity contribution is -0.147. The van der Waals surface area contributed by atoms with Gasteiger partial charge in [-0.3, -0.25) is 5.32 Å². The van der Waals surface area contributed by atoms with Gasteiger partial charge in [-0.2, -0.15) is 0 Å². The summed E-state index contributed by atoms with van der Waals surface area (Å²) < 4.78 is 15.1. The molecule has 0 aromatic heterocycles. The number of alkyl carbamates (subject to hydrolysis) is 1. The van der Waals surface area contributed by atoms with E-state index >= 15 is 0 Å². The molecule has 0 aromatic carbocycles. The molecule has 2 N–H and O–H groups in total. The minimum absolute atomic E-state index is 0.182. The highest BCUT2D eigenvalue weighted by Crippen LogP contribution is 2.07. The zero-order valence-electron chi connectivity index (χ0n) is 17.9. The number of hydrogen-bond acceptors (Lipinski definition) is 8. The first-order chi connectivity index (χ1) is 14.6. The summed E-state index contributed by atoms with van der Waals surface area (Å²) in [6.45, 7) is 9.97. The van der Waals surface area contributed by atoms with Crippen molar-refractivity contribution >= 4 is 30.1 Å². The largest absolute Gasteiger partial charge is 0.458 e. The Kier molecular flexibility index (Phi) is 10.8. The molecule has 1 aliphatic heterocycles. The number of amides is 5. The van der Waals surface area contributed by atoms with E-state index in [1.807, 2.05) is 0 Å². The van der Waals surface area contributed by atoms with E-state index in [2.05, 4.69) is 23.8 Å². The van der Waals surface area contributed by atoms with Crippen molar-refractivity contribution in [1.29, 1.82) is 0 Å². The summed E-state index contributed by atoms with van der Waals surface area (Å²) in [7, 11) is 0. The number of hydrogen-bond donors (Lipinski definition) is 2. The Bertz CT molecular complexity index is 690. The zero-order valence-corrected chi connectivity index (χ0v) is 17.9. The van der Waals surface area contributed by atoms with E-state index in [0.717, 1.165) is 17.7 Å². The van der Waals surface area contributed by atoms with Crippen LogP contribution in [0.5, 0.6) is 0 Å². The summed E-state index contributed by atoms with van der Waals surface area (Å²) in [5.41, 5.74) is 0.363. The number of esters is 2. The average molecular weight is 439 g/mol. The zero-order chi connectivity index (χ0) is 23.4. The number of nitrogens with one attached hydrogen (secondary N) is 2. The Morgan fingerprint density at radius 2 is 1.45 bits per heavy atom. The smallest absolute Gasteiger partial charge is 0.407 e. The van der Waals surface area contributed by atoms with Gasteiger partial charge in [0.2, 0.25) is 0 Å². The van der Waals surface area contributed by atoms with Gasteiger partial charge in [-0.15, -0.1) is 0 Å². The lowest BCUT2D eigenvalue weighted by atomic mass is 10.2. The van der Waals surface area contributed by atoms with E-state index in [9.17, 15) is 24.0 Å². The van der Waals surface area contributed by atoms with Gasteiger partial charge in [0.15, 0.2) is 6.10 Å². The van der Waals surface area contributed by atoms with Crippen LogP contribution in [-0.2, 0) is 23.8 Å². The number of urea groups is 2. The van der Waals surface area contributed by atoms with Gasteiger partial charge >= 0.3 is 30.1 Å². The molecule has 0 atom stereocenters. The maximum absolute atomic E-state index is 12.0. The Labute approximate surface area is 180 Å². The summed E-state index contributed by atoms with van der Waals surface area (Å²) in [6, 6.07) is -0.765. The van der Waals surface area contributed by atoms with Gasteiger partial charge in [-0.05, 0) is 26.7 Å². The molecule has 0 aliphatic carbocycles. The van der Waals surface area contributed by atoms with Crippen LogP contribution in [-0.4, -0.2) is 67.4 Å². The first-order valence-corrected chi connectivity index (χ1v) is 9.84. The molecule has 0 radical (unpaired) electrons. The number of carbonyl (C=O) groups is 5. The first-order valence-electron chi connectivity index (χ1n) is 9.84. The van der Waals surface area contributed by atoms with Crippen molar-refractivity contribution in [3.8, 4) is 0 Å². The lowest BCUT2D eigenvalue weighted by Crippen LogP contribution is -2.61. The molecule has 1 aliphatic rings. The highest BCUT2D eigenvalue weighted by atomic mass is 16.6. The van der Waals surface area contributed by atoms with Gasteiger partial charge in [-0.1, -0.05) is 26.0 Å². The van der Waals surface area contributed by atoms with Gasteiger partial charge in [0, 0.05) is 24.2 Å². The molecule has 11 nitrogen and oxygen atoms in total. The van der Waals surface area contributed by atoms with Crippen LogP contribution in [0.4, 0.5) is 14.4 Å². The van der Waals surface area contributed by atoms with Gasteiger partial charge in [0.25, 0.3) is 0 Å². The molecule has 1 heterocycles. The molecule has 0 unspecified atom stereocenters. The standard InChI is InChI=1S/C20H29N3O8/c1-13(2)16(24)29-11-15(12-30-17(25)14(3)4)31-20(28)21-9-7-5-6-8-10-23-18(26)22-19(23)27/h15H,1,3,5-12H2,2,4H3,(H,21,28)(H,22,26,27). The molecular weight excluding hydrogens is 410 g/mol. The van der Waals surface area contributed by atoms with Crippen LogP contribution in [0.25, 0.3) is 0 Å². The van der Waals surface area contributed by atoms with Crippen LogP contribution < -0.4 is 10.6 Å². The summed E-state index contributed by atoms with van der Waals surface area (Å²) in [6.07, 6.45) is 1.16. The molecule has 0 bridgehead atoms. The van der Waals surface area contributed by atoms with Gasteiger partial charge in [-0.25, -0.2) is 28.9 Å². The van der Waals surface area contributed by atoms with Gasteiger partial charge < -0.3 is 19.5 Å². The van der Waals surface area contributed by atoms with Gasteiger partial charge in [0.1, 0.15) is 13.2 Å². The summed E-state index contributed by atoms with van der Waals surface area (Å²) in [5, 5.41) is 4.67. The highest BCUT2D eigenvalue weighted by molar-refractivity contribution is 6.11. The van der Waals surface area contributed by atoms with E-state index < -0.39 is 24.1 Å². The lowest BCUT2D eigenvalue weighted by Gasteiger charge is -2.28. The first kappa shape index (κ1) is 25.7. The van der Waals surface area contributed by atoms with Crippen LogP contribution in [0.15, 0.2) is 24.3 Å². The molecule has 1 saturated heterocycles. The van der Waals surface area contributed by atoms with Crippen molar-refractivity contribution in [3.63, 3.8) is 0 Å². The summed E-state index contributed by atoms with van der Waals surface area (Å²) in [4.78, 5) is 58.3. The number of carbonyl (C=O) groups excluding carboxylic acids is 5. The van der Waals surface area contributed by atoms with Crippen molar-refractivity contribution in [2.45, 2.75) is 45.6 Å². The van der Waals surface area contributed by atoms with Crippen LogP contribution in [0.2, 0.25) is 0 Å². The Morgan fingerprint density at radius 3 is 1.94 bits per heavy atom. The fraction of sp³-hybridized carbons (Fsp3) is 0.550. The van der Waals surface area contributed by atoms with E-state index in [0.29, 0.717) is 25.9 Å². The van der Waals surface area contributed by atoms with Crippen molar-refractivity contribution in [1.82, 2.24) is 15.5 Å². The molecule has 1 rings (SSSR count). The third-order valence-corrected chi connectivity index (χ3v) is 4.05. The second kappa shape index (κ2) is 13.0. The average Bonchev–Trinajstić information content (AvgIpc) is 2.70. The summed E-state index contributed by atoms with van der Waals surface area (Å²) >= 11 is 0. The SMILES string of the molecule is C=C(C)C(=O)OCC(COC(=O)C(=C)C)OC(=O)NCCCCCCN1C(=O)NC1=O. The van der Waals surface area contributed by atoms with Crippen molar-refractivity contribution < 1.29 is 38.2 Å². The maximum atomic E-state index is 12.0. The third-order valence-electron chi connectivity index (χ3n) is 4.05. The van der Waals surface area contributed by atoms with Crippen LogP contribution >= 0.6 is 0 Å². The fourth-order valence-corrected chi connectivity index (χ4v) is 2.30. The molecule has 0 aromatic rings. The number of ether oxygens (including phenoxy) is 3. The minimum Gasteiger partial charge on any atom is -0.458 e. The molecular formula is C20H29N3O8. The van der Waals surface area contributed by atoms with E-state index in [1.165, 1.54) is 13.8 Å². The minimum atomic E-state index is -0.994. The third kappa shape index (κ3) is 9.79. The van der Waals surface area contributed by atoms with Crippen molar-refractivity contribution in [2.75, 3.05) is 26.3 Å². The maximum Gasteiger partial charge on any atom is 0.407 e. The van der Waals surface area contributed by atoms with E-state index in [1.54, 1.807) is 0 Å². The Hall–Kier alpha value is -3.37. The van der Waals surface area contributed by atoms with E-state index in [4.69, 9.17) is 14.2 Å². The molecule has 5 amide bonds. The Morgan fingerprint density at radius 1 is 0.935 bits per heavy atom. The topological polar surface area (TPSA) is 140 Å². The molecule has 1 fully saturated rings. The predicted molar refractivity (Wildman–Crippen MR) is 109 cm³/mol. The van der Waals surface area contributed by atoms with Crippen molar-refractivity contribution in [2.24, 2.45) is 0 Å². The van der Waals surface area contributed by atoms with Gasteiger partial charge in [0.05, 0.1) is 0 Å². The molecule has 11 heteroatoms. The highest BCUT2D eigenvalue weighted by Gasteiger charge is 2.32. The number of unbranched alkanes of at least 4 members (excludes halogenated alkanes) is 3. The molecule has 31 heavy (non-hydrogen) atoms. The second-order valence-corrected chi connectivity index (χ2v) is 7.01. The molecule has 0 spiro atoms. The molecule has 0 saturated carbocycles. The van der Waals surface area contributed by atoms with E-state index in [-0.39, 0.29) is 36.4 Å². The Balaban J connectivity index is 2.27. The second-order valence-electron chi connectivity index (χ2n) is 7.01. The van der Waals surface area contributed by atoms with Crippen molar-refractivity contribution in [3.05, 3.63) is 24.3 Å². The fourth-order valence-electron chi connectivity index (χ4n) is 2.30. The number of rotatable bonds is 14. The summed E-state index contributed by atoms with van der Waals surface area (Å²) in [5.74, 6) is -1.31. The molecule has 172 valence electrons. The number of imide groups is 2. The van der Waals surface area contributed by atoms with Crippen LogP contribution in [0.1, 0.15) is 39.5 Å². The van der Waals surface area contributed by atoms with Crippen LogP contribution in [0, 0.1) is 0 Å². The monoisotopic (exact) mass is 439 g/mol. The normalized spacial score (nSPS) is 12.5. The van der Waals surface area contributed by atoms with Crippen LogP contribution in [0.3, 0.4) is 0 Å². The predicted octanol–water partition coefficient (Wildman–Crippen LogP) is 2.03. The quantitative estimate of drug-likeness (QED) is 0.181. The number of nitrogens with zero attached hydrogens (tertiary/aromatic N) is 1.